The van der Waals surface area contributed by atoms with Gasteiger partial charge in [-0.2, -0.15) is 0 Å². The van der Waals surface area contributed by atoms with Crippen molar-refractivity contribution in [3.63, 3.8) is 0 Å². The average molecular weight is 317 g/mol. The molecule has 0 aromatic heterocycles. The van der Waals surface area contributed by atoms with Crippen molar-refractivity contribution in [1.29, 1.82) is 0 Å². The molecule has 1 fully saturated rings. The Hall–Kier alpha value is -0.970. The summed E-state index contributed by atoms with van der Waals surface area (Å²) >= 11 is 12.1. The van der Waals surface area contributed by atoms with Crippen LogP contribution >= 0.6 is 23.2 Å². The number of carboxylic acid groups (broad SMARTS) is 1. The summed E-state index contributed by atoms with van der Waals surface area (Å²) in [7, 11) is 0. The second-order valence-corrected chi connectivity index (χ2v) is 6.92. The van der Waals surface area contributed by atoms with Gasteiger partial charge in [0.1, 0.15) is 0 Å². The number of nitrogens with zero attached hydrogens (tertiary/aromatic N) is 1. The van der Waals surface area contributed by atoms with E-state index in [1.165, 1.54) is 4.90 Å². The summed E-state index contributed by atoms with van der Waals surface area (Å²) in [5.41, 5.74) is 5.67. The van der Waals surface area contributed by atoms with E-state index >= 15 is 0 Å². The molecule has 6 heteroatoms. The number of nitrogens with two attached hydrogens (primary N) is 1. The zero-order chi connectivity index (χ0) is 15.1. The molecule has 1 aromatic rings. The molecule has 1 amide bonds. The first-order chi connectivity index (χ1) is 9.14. The van der Waals surface area contributed by atoms with Gasteiger partial charge in [-0.25, -0.2) is 4.79 Å². The van der Waals surface area contributed by atoms with E-state index in [0.717, 1.165) is 18.4 Å². The fraction of sp³-hybridized carbons (Fsp3) is 0.500. The molecular weight excluding hydrogens is 299 g/mol. The Labute approximate surface area is 128 Å². The second kappa shape index (κ2) is 5.10. The van der Waals surface area contributed by atoms with E-state index in [0.29, 0.717) is 10.0 Å². The van der Waals surface area contributed by atoms with Crippen molar-refractivity contribution in [3.05, 3.63) is 33.8 Å². The number of hydrogen-bond acceptors (Lipinski definition) is 2. The molecule has 1 aromatic carbocycles. The molecule has 0 atom stereocenters. The second-order valence-electron chi connectivity index (χ2n) is 6.05. The zero-order valence-corrected chi connectivity index (χ0v) is 13.0. The highest BCUT2D eigenvalue weighted by Gasteiger charge is 2.52. The van der Waals surface area contributed by atoms with Crippen LogP contribution in [0.4, 0.5) is 4.79 Å². The van der Waals surface area contributed by atoms with Crippen molar-refractivity contribution in [2.75, 3.05) is 6.54 Å². The van der Waals surface area contributed by atoms with Crippen LogP contribution in [0.3, 0.4) is 0 Å². The zero-order valence-electron chi connectivity index (χ0n) is 11.5. The molecule has 0 unspecified atom stereocenters. The Morgan fingerprint density at radius 1 is 1.35 bits per heavy atom. The molecule has 0 aliphatic heterocycles. The van der Waals surface area contributed by atoms with Crippen LogP contribution in [0.2, 0.25) is 10.0 Å². The Morgan fingerprint density at radius 3 is 2.20 bits per heavy atom. The number of halogens is 2. The first-order valence-corrected chi connectivity index (χ1v) is 7.16. The third kappa shape index (κ3) is 3.19. The van der Waals surface area contributed by atoms with Gasteiger partial charge in [0.15, 0.2) is 0 Å². The smallest absolute Gasteiger partial charge is 0.408 e. The van der Waals surface area contributed by atoms with E-state index in [4.69, 9.17) is 28.9 Å². The summed E-state index contributed by atoms with van der Waals surface area (Å²) in [4.78, 5) is 13.0. The molecule has 2 rings (SSSR count). The number of hydrogen-bond donors (Lipinski definition) is 2. The van der Waals surface area contributed by atoms with Gasteiger partial charge in [0.05, 0.1) is 5.54 Å². The SMILES string of the molecule is CC(C)(N)CN(C(=O)O)C1(c2cc(Cl)cc(Cl)c2)CC1. The lowest BCUT2D eigenvalue weighted by Crippen LogP contribution is -2.51. The molecule has 110 valence electrons. The Kier molecular flexibility index (Phi) is 3.93. The van der Waals surface area contributed by atoms with E-state index in [-0.39, 0.29) is 6.54 Å². The molecule has 1 aliphatic carbocycles. The highest BCUT2D eigenvalue weighted by molar-refractivity contribution is 6.34. The van der Waals surface area contributed by atoms with E-state index in [1.54, 1.807) is 18.2 Å². The topological polar surface area (TPSA) is 66.6 Å². The molecule has 1 saturated carbocycles. The lowest BCUT2D eigenvalue weighted by atomic mass is 9.99. The van der Waals surface area contributed by atoms with Crippen LogP contribution in [0.5, 0.6) is 0 Å². The summed E-state index contributed by atoms with van der Waals surface area (Å²) in [5, 5.41) is 10.5. The molecular formula is C14H18Cl2N2O2. The van der Waals surface area contributed by atoms with Gasteiger partial charge in [-0.1, -0.05) is 23.2 Å². The van der Waals surface area contributed by atoms with E-state index < -0.39 is 17.2 Å². The predicted octanol–water partition coefficient (Wildman–Crippen LogP) is 3.70. The van der Waals surface area contributed by atoms with Gasteiger partial charge >= 0.3 is 6.09 Å². The van der Waals surface area contributed by atoms with Crippen LogP contribution in [0.15, 0.2) is 18.2 Å². The lowest BCUT2D eigenvalue weighted by Gasteiger charge is -2.35. The molecule has 0 radical (unpaired) electrons. The van der Waals surface area contributed by atoms with Crippen molar-refractivity contribution < 1.29 is 9.90 Å². The maximum atomic E-state index is 11.6. The van der Waals surface area contributed by atoms with Gasteiger partial charge in [-0.05, 0) is 50.5 Å². The van der Waals surface area contributed by atoms with Gasteiger partial charge in [0, 0.05) is 22.1 Å². The van der Waals surface area contributed by atoms with Gasteiger partial charge < -0.3 is 10.8 Å². The monoisotopic (exact) mass is 316 g/mol. The van der Waals surface area contributed by atoms with Crippen LogP contribution in [0.1, 0.15) is 32.3 Å². The van der Waals surface area contributed by atoms with Gasteiger partial charge in [0.25, 0.3) is 0 Å². The Morgan fingerprint density at radius 2 is 1.85 bits per heavy atom. The van der Waals surface area contributed by atoms with Crippen LogP contribution in [0.25, 0.3) is 0 Å². The van der Waals surface area contributed by atoms with Gasteiger partial charge in [-0.3, -0.25) is 4.90 Å². The van der Waals surface area contributed by atoms with Gasteiger partial charge in [-0.15, -0.1) is 0 Å². The molecule has 0 heterocycles. The van der Waals surface area contributed by atoms with Crippen LogP contribution in [0, 0.1) is 0 Å². The maximum Gasteiger partial charge on any atom is 0.408 e. The highest BCUT2D eigenvalue weighted by atomic mass is 35.5. The minimum atomic E-state index is -0.975. The molecule has 1 aliphatic rings. The first-order valence-electron chi connectivity index (χ1n) is 6.40. The van der Waals surface area contributed by atoms with Crippen molar-refractivity contribution in [1.82, 2.24) is 4.90 Å². The Bertz CT molecular complexity index is 516. The maximum absolute atomic E-state index is 11.6. The Balaban J connectivity index is 2.39. The van der Waals surface area contributed by atoms with Crippen molar-refractivity contribution in [3.8, 4) is 0 Å². The molecule has 0 spiro atoms. The average Bonchev–Trinajstić information content (AvgIpc) is 3.04. The molecule has 3 N–H and O–H groups in total. The van der Waals surface area contributed by atoms with Crippen LogP contribution < -0.4 is 5.73 Å². The number of carbonyl (C=O) groups is 1. The van der Waals surface area contributed by atoms with E-state index in [9.17, 15) is 9.90 Å². The fourth-order valence-electron chi connectivity index (χ4n) is 2.46. The lowest BCUT2D eigenvalue weighted by molar-refractivity contribution is 0.104. The van der Waals surface area contributed by atoms with Crippen molar-refractivity contribution >= 4 is 29.3 Å². The third-order valence-electron chi connectivity index (χ3n) is 3.44. The normalized spacial score (nSPS) is 16.9. The fourth-order valence-corrected chi connectivity index (χ4v) is 2.99. The number of benzene rings is 1. The summed E-state index contributed by atoms with van der Waals surface area (Å²) in [6.07, 6.45) is 0.537. The quantitative estimate of drug-likeness (QED) is 0.890. The summed E-state index contributed by atoms with van der Waals surface area (Å²) in [6.45, 7) is 3.88. The first kappa shape index (κ1) is 15.4. The summed E-state index contributed by atoms with van der Waals surface area (Å²) < 4.78 is 0. The van der Waals surface area contributed by atoms with Crippen LogP contribution in [-0.2, 0) is 5.54 Å². The summed E-state index contributed by atoms with van der Waals surface area (Å²) in [5.74, 6) is 0. The molecule has 20 heavy (non-hydrogen) atoms. The number of amides is 1. The summed E-state index contributed by atoms with van der Waals surface area (Å²) in [6, 6.07) is 5.19. The minimum absolute atomic E-state index is 0.256. The van der Waals surface area contributed by atoms with Crippen molar-refractivity contribution in [2.45, 2.75) is 37.8 Å². The largest absolute Gasteiger partial charge is 0.465 e. The standard InChI is InChI=1S/C14H18Cl2N2O2/c1-13(2,17)8-18(12(19)20)14(3-4-14)9-5-10(15)7-11(16)6-9/h5-7H,3-4,8,17H2,1-2H3,(H,19,20). The third-order valence-corrected chi connectivity index (χ3v) is 3.87. The van der Waals surface area contributed by atoms with Gasteiger partial charge in [0.2, 0.25) is 0 Å². The molecule has 0 saturated heterocycles. The van der Waals surface area contributed by atoms with Crippen molar-refractivity contribution in [2.24, 2.45) is 5.73 Å². The minimum Gasteiger partial charge on any atom is -0.465 e. The van der Waals surface area contributed by atoms with E-state index in [1.807, 2.05) is 13.8 Å². The number of rotatable bonds is 4. The molecule has 4 nitrogen and oxygen atoms in total. The molecule has 0 bridgehead atoms. The predicted molar refractivity (Wildman–Crippen MR) is 80.4 cm³/mol. The van der Waals surface area contributed by atoms with E-state index in [2.05, 4.69) is 0 Å². The van der Waals surface area contributed by atoms with Crippen LogP contribution in [-0.4, -0.2) is 28.2 Å². The highest BCUT2D eigenvalue weighted by Crippen LogP contribution is 2.52.